The van der Waals surface area contributed by atoms with Gasteiger partial charge in [-0.3, -0.25) is 14.7 Å². The van der Waals surface area contributed by atoms with Gasteiger partial charge in [-0.1, -0.05) is 12.1 Å². The Morgan fingerprint density at radius 3 is 2.65 bits per heavy atom. The van der Waals surface area contributed by atoms with E-state index in [0.717, 1.165) is 11.3 Å². The van der Waals surface area contributed by atoms with Crippen molar-refractivity contribution >= 4 is 29.0 Å². The molecule has 0 aliphatic heterocycles. The van der Waals surface area contributed by atoms with Gasteiger partial charge < -0.3 is 10.1 Å². The molecular weight excluding hydrogens is 354 g/mol. The molecule has 1 aliphatic carbocycles. The number of anilines is 1. The third-order valence-electron chi connectivity index (χ3n) is 4.31. The number of ketones is 1. The maximum Gasteiger partial charge on any atom is 0.239 e. The Hall–Kier alpha value is -3.12. The van der Waals surface area contributed by atoms with E-state index < -0.39 is 0 Å². The molecule has 1 heterocycles. The number of carbonyl (C=O) groups excluding carboxylic acids is 2. The van der Waals surface area contributed by atoms with Gasteiger partial charge in [-0.15, -0.1) is 11.6 Å². The number of hydrogen-bond acceptors (Lipinski definition) is 4. The van der Waals surface area contributed by atoms with E-state index >= 15 is 0 Å². The first-order chi connectivity index (χ1) is 12.6. The van der Waals surface area contributed by atoms with Gasteiger partial charge in [0.2, 0.25) is 5.91 Å². The van der Waals surface area contributed by atoms with Crippen LogP contribution in [-0.4, -0.2) is 34.9 Å². The van der Waals surface area contributed by atoms with Gasteiger partial charge >= 0.3 is 0 Å². The number of ether oxygens (including phenoxy) is 1. The van der Waals surface area contributed by atoms with E-state index in [1.165, 1.54) is 0 Å². The van der Waals surface area contributed by atoms with Crippen LogP contribution in [0.15, 0.2) is 42.5 Å². The normalized spacial score (nSPS) is 11.8. The summed E-state index contributed by atoms with van der Waals surface area (Å²) >= 11 is 5.56. The molecule has 4 rings (SSSR count). The summed E-state index contributed by atoms with van der Waals surface area (Å²) in [7, 11) is 1.60. The first kappa shape index (κ1) is 16.4. The number of H-pyrrole nitrogens is 1. The van der Waals surface area contributed by atoms with Crippen LogP contribution >= 0.6 is 11.6 Å². The minimum atomic E-state index is -0.366. The molecule has 0 atom stereocenters. The minimum absolute atomic E-state index is 0.180. The van der Waals surface area contributed by atoms with Crippen LogP contribution in [0.4, 0.5) is 5.69 Å². The monoisotopic (exact) mass is 367 g/mol. The zero-order chi connectivity index (χ0) is 18.3. The summed E-state index contributed by atoms with van der Waals surface area (Å²) in [5, 5.41) is 9.96. The Kier molecular flexibility index (Phi) is 3.97. The van der Waals surface area contributed by atoms with Gasteiger partial charge in [0.15, 0.2) is 5.78 Å². The standard InChI is InChI=1S/C19H14ClN3O3/c1-26-11-7-5-10(6-8-11)17-16-18(23-22-17)12-3-2-4-13(15(12)19(16)25)21-14(24)9-20/h2-8H,9H2,1H3,(H,21,24)(H,22,23). The third kappa shape index (κ3) is 2.46. The molecule has 0 saturated carbocycles. The van der Waals surface area contributed by atoms with E-state index in [0.29, 0.717) is 33.8 Å². The lowest BCUT2D eigenvalue weighted by atomic mass is 10.0. The highest BCUT2D eigenvalue weighted by Crippen LogP contribution is 2.43. The fourth-order valence-corrected chi connectivity index (χ4v) is 3.20. The molecule has 0 unspecified atom stereocenters. The van der Waals surface area contributed by atoms with Crippen LogP contribution in [0.25, 0.3) is 22.5 Å². The number of nitrogens with one attached hydrogen (secondary N) is 2. The molecule has 3 aromatic rings. The molecule has 1 aliphatic rings. The minimum Gasteiger partial charge on any atom is -0.497 e. The van der Waals surface area contributed by atoms with Crippen LogP contribution < -0.4 is 10.1 Å². The molecule has 26 heavy (non-hydrogen) atoms. The smallest absolute Gasteiger partial charge is 0.239 e. The number of alkyl halides is 1. The molecule has 2 aromatic carbocycles. The average molecular weight is 368 g/mol. The number of amides is 1. The van der Waals surface area contributed by atoms with Crippen molar-refractivity contribution in [2.75, 3.05) is 18.3 Å². The molecule has 130 valence electrons. The van der Waals surface area contributed by atoms with E-state index in [9.17, 15) is 9.59 Å². The number of benzene rings is 2. The maximum absolute atomic E-state index is 13.1. The second kappa shape index (κ2) is 6.31. The van der Waals surface area contributed by atoms with Crippen molar-refractivity contribution in [3.8, 4) is 28.3 Å². The number of aromatic amines is 1. The Morgan fingerprint density at radius 1 is 1.19 bits per heavy atom. The highest BCUT2D eigenvalue weighted by atomic mass is 35.5. The molecule has 0 fully saturated rings. The molecule has 7 heteroatoms. The fraction of sp³-hybridized carbons (Fsp3) is 0.105. The van der Waals surface area contributed by atoms with E-state index in [4.69, 9.17) is 16.3 Å². The molecule has 0 saturated heterocycles. The lowest BCUT2D eigenvalue weighted by molar-refractivity contribution is -0.113. The van der Waals surface area contributed by atoms with Crippen LogP contribution in [0.5, 0.6) is 5.75 Å². The lowest BCUT2D eigenvalue weighted by Crippen LogP contribution is -2.15. The largest absolute Gasteiger partial charge is 0.497 e. The Morgan fingerprint density at radius 2 is 1.96 bits per heavy atom. The summed E-state index contributed by atoms with van der Waals surface area (Å²) in [6.45, 7) is 0. The second-order valence-corrected chi connectivity index (χ2v) is 6.06. The maximum atomic E-state index is 13.1. The summed E-state index contributed by atoms with van der Waals surface area (Å²) in [6.07, 6.45) is 0. The number of halogens is 1. The highest BCUT2D eigenvalue weighted by molar-refractivity contribution is 6.30. The van der Waals surface area contributed by atoms with Crippen LogP contribution in [0.3, 0.4) is 0 Å². The van der Waals surface area contributed by atoms with E-state index in [1.54, 1.807) is 19.2 Å². The number of hydrogen-bond donors (Lipinski definition) is 2. The predicted molar refractivity (Wildman–Crippen MR) is 98.8 cm³/mol. The van der Waals surface area contributed by atoms with Crippen molar-refractivity contribution in [1.29, 1.82) is 0 Å². The van der Waals surface area contributed by atoms with Crippen molar-refractivity contribution in [3.63, 3.8) is 0 Å². The van der Waals surface area contributed by atoms with Gasteiger partial charge in [-0.25, -0.2) is 0 Å². The number of carbonyl (C=O) groups is 2. The van der Waals surface area contributed by atoms with Crippen LogP contribution in [0.2, 0.25) is 0 Å². The Labute approximate surface area is 154 Å². The summed E-state index contributed by atoms with van der Waals surface area (Å²) in [5.74, 6) is 0.000139. The molecule has 0 radical (unpaired) electrons. The van der Waals surface area contributed by atoms with Crippen molar-refractivity contribution in [3.05, 3.63) is 53.6 Å². The Balaban J connectivity index is 1.80. The quantitative estimate of drug-likeness (QED) is 0.541. The first-order valence-corrected chi connectivity index (χ1v) is 8.44. The molecule has 0 spiro atoms. The van der Waals surface area contributed by atoms with Gasteiger partial charge in [0, 0.05) is 11.1 Å². The molecular formula is C19H14ClN3O3. The van der Waals surface area contributed by atoms with Crippen molar-refractivity contribution in [1.82, 2.24) is 10.2 Å². The lowest BCUT2D eigenvalue weighted by Gasteiger charge is -2.08. The average Bonchev–Trinajstić information content (AvgIpc) is 3.22. The third-order valence-corrected chi connectivity index (χ3v) is 4.56. The van der Waals surface area contributed by atoms with E-state index in [2.05, 4.69) is 15.5 Å². The second-order valence-electron chi connectivity index (χ2n) is 5.79. The van der Waals surface area contributed by atoms with Crippen LogP contribution in [-0.2, 0) is 4.79 Å². The number of nitrogens with zero attached hydrogens (tertiary/aromatic N) is 1. The summed E-state index contributed by atoms with van der Waals surface area (Å²) < 4.78 is 5.17. The molecule has 6 nitrogen and oxygen atoms in total. The zero-order valence-electron chi connectivity index (χ0n) is 13.8. The summed E-state index contributed by atoms with van der Waals surface area (Å²) in [4.78, 5) is 24.7. The van der Waals surface area contributed by atoms with Crippen LogP contribution in [0, 0.1) is 0 Å². The van der Waals surface area contributed by atoms with Gasteiger partial charge in [0.25, 0.3) is 0 Å². The fourth-order valence-electron chi connectivity index (χ4n) is 3.13. The van der Waals surface area contributed by atoms with Gasteiger partial charge in [-0.05, 0) is 30.3 Å². The number of methoxy groups -OCH3 is 1. The number of fused-ring (bicyclic) bond motifs is 3. The van der Waals surface area contributed by atoms with Gasteiger partial charge in [0.05, 0.1) is 29.6 Å². The van der Waals surface area contributed by atoms with Crippen molar-refractivity contribution in [2.45, 2.75) is 0 Å². The van der Waals surface area contributed by atoms with Gasteiger partial charge in [0.1, 0.15) is 17.3 Å². The highest BCUT2D eigenvalue weighted by Gasteiger charge is 2.35. The zero-order valence-corrected chi connectivity index (χ0v) is 14.6. The Bertz CT molecular complexity index is 1030. The summed E-state index contributed by atoms with van der Waals surface area (Å²) in [6, 6.07) is 12.6. The molecule has 1 amide bonds. The predicted octanol–water partition coefficient (Wildman–Crippen LogP) is 3.47. The van der Waals surface area contributed by atoms with E-state index in [1.807, 2.05) is 30.3 Å². The molecule has 1 aromatic heterocycles. The number of aromatic nitrogens is 2. The van der Waals surface area contributed by atoms with Crippen molar-refractivity contribution in [2.24, 2.45) is 0 Å². The van der Waals surface area contributed by atoms with Crippen molar-refractivity contribution < 1.29 is 14.3 Å². The number of rotatable bonds is 4. The SMILES string of the molecule is COc1ccc(-c2[nH]nc3c2C(=O)c2c(NC(=O)CCl)cccc2-3)cc1. The first-order valence-electron chi connectivity index (χ1n) is 7.90. The topological polar surface area (TPSA) is 84.1 Å². The molecule has 2 N–H and O–H groups in total. The summed E-state index contributed by atoms with van der Waals surface area (Å²) in [5.41, 5.74) is 4.11. The van der Waals surface area contributed by atoms with Crippen LogP contribution in [0.1, 0.15) is 15.9 Å². The molecule has 0 bridgehead atoms. The van der Waals surface area contributed by atoms with E-state index in [-0.39, 0.29) is 17.6 Å². The van der Waals surface area contributed by atoms with Gasteiger partial charge in [-0.2, -0.15) is 5.10 Å².